The van der Waals surface area contributed by atoms with E-state index in [9.17, 15) is 28.3 Å². The number of hydrogen-bond acceptors (Lipinski definition) is 6. The molecule has 11 heteroatoms. The van der Waals surface area contributed by atoms with E-state index in [0.717, 1.165) is 21.0 Å². The summed E-state index contributed by atoms with van der Waals surface area (Å²) >= 11 is -2.78. The van der Waals surface area contributed by atoms with E-state index in [1.165, 1.54) is 4.57 Å². The van der Waals surface area contributed by atoms with Crippen molar-refractivity contribution in [3.63, 3.8) is 0 Å². The first-order valence-electron chi connectivity index (χ1n) is 14.8. The second-order valence-corrected chi connectivity index (χ2v) is 12.5. The van der Waals surface area contributed by atoms with Gasteiger partial charge in [-0.25, -0.2) is 4.79 Å². The Morgan fingerprint density at radius 1 is 0.891 bits per heavy atom. The minimum absolute atomic E-state index is 0.133. The fraction of sp³-hybridized carbons (Fsp3) is 0.229. The van der Waals surface area contributed by atoms with Crippen LogP contribution in [0.2, 0.25) is 0 Å². The highest BCUT2D eigenvalue weighted by molar-refractivity contribution is 7.80. The van der Waals surface area contributed by atoms with Gasteiger partial charge in [0.15, 0.2) is 5.76 Å². The summed E-state index contributed by atoms with van der Waals surface area (Å²) in [4.78, 5) is 38.0. The molecule has 2 unspecified atom stereocenters. The number of nitrogens with one attached hydrogen (secondary N) is 1. The number of carboxylic acids is 1. The van der Waals surface area contributed by atoms with Gasteiger partial charge in [0.1, 0.15) is 11.6 Å². The van der Waals surface area contributed by atoms with Crippen molar-refractivity contribution in [2.24, 2.45) is 11.8 Å². The summed E-state index contributed by atoms with van der Waals surface area (Å²) in [6, 6.07) is 21.9. The lowest BCUT2D eigenvalue weighted by atomic mass is 10.0. The average Bonchev–Trinajstić information content (AvgIpc) is 3.64. The maximum Gasteiger partial charge on any atom is 0.327 e. The molecule has 2 aromatic heterocycles. The van der Waals surface area contributed by atoms with Gasteiger partial charge in [0.05, 0.1) is 11.4 Å². The first kappa shape index (κ1) is 32.4. The van der Waals surface area contributed by atoms with Gasteiger partial charge in [-0.2, -0.15) is 0 Å². The molecule has 2 heterocycles. The summed E-state index contributed by atoms with van der Waals surface area (Å²) < 4.78 is 32.4. The topological polar surface area (TPSA) is 145 Å². The molecule has 2 atom stereocenters. The number of carbonyl (C=O) groups is 3. The third-order valence-electron chi connectivity index (χ3n) is 7.83. The molecule has 0 saturated carbocycles. The number of nitrogens with zero attached hydrogens (tertiary/aromatic N) is 2. The van der Waals surface area contributed by atoms with E-state index >= 15 is 0 Å². The lowest BCUT2D eigenvalue weighted by molar-refractivity contribution is -0.139. The van der Waals surface area contributed by atoms with E-state index < -0.39 is 29.2 Å². The van der Waals surface area contributed by atoms with Gasteiger partial charge in [-0.15, -0.1) is 0 Å². The number of aromatic nitrogens is 1. The molecule has 46 heavy (non-hydrogen) atoms. The smallest absolute Gasteiger partial charge is 0.327 e. The third kappa shape index (κ3) is 6.24. The van der Waals surface area contributed by atoms with Crippen LogP contribution in [-0.4, -0.2) is 42.3 Å². The van der Waals surface area contributed by atoms with Crippen molar-refractivity contribution < 1.29 is 32.7 Å². The fourth-order valence-electron chi connectivity index (χ4n) is 5.42. The van der Waals surface area contributed by atoms with Crippen LogP contribution in [0.4, 0.5) is 11.4 Å². The maximum atomic E-state index is 13.8. The number of amides is 1. The quantitative estimate of drug-likeness (QED) is 0.159. The number of aryl methyl sites for hydroxylation is 1. The molecule has 0 radical (unpaired) electrons. The molecule has 5 aromatic rings. The molecule has 10 nitrogen and oxygen atoms in total. The van der Waals surface area contributed by atoms with E-state index in [0.29, 0.717) is 27.9 Å². The van der Waals surface area contributed by atoms with Crippen molar-refractivity contribution in [3.05, 3.63) is 96.4 Å². The van der Waals surface area contributed by atoms with Gasteiger partial charge >= 0.3 is 5.97 Å². The Kier molecular flexibility index (Phi) is 9.27. The zero-order chi connectivity index (χ0) is 33.3. The van der Waals surface area contributed by atoms with Crippen LogP contribution in [0.1, 0.15) is 43.8 Å². The average molecular weight is 641 g/mol. The van der Waals surface area contributed by atoms with Crippen molar-refractivity contribution in [2.45, 2.75) is 40.7 Å². The second-order valence-electron chi connectivity index (χ2n) is 11.6. The molecule has 0 aliphatic rings. The molecule has 0 spiro atoms. The number of furan rings is 1. The van der Waals surface area contributed by atoms with E-state index in [1.807, 2.05) is 44.2 Å². The first-order chi connectivity index (χ1) is 21.9. The number of benzene rings is 3. The number of carbonyl (C=O) groups excluding carboxylic acids is 2. The number of anilines is 2. The Hall–Kier alpha value is -5.00. The monoisotopic (exact) mass is 640 g/mol. The zero-order valence-corrected chi connectivity index (χ0v) is 26.8. The maximum absolute atomic E-state index is 13.8. The van der Waals surface area contributed by atoms with Crippen LogP contribution in [0.5, 0.6) is 0 Å². The van der Waals surface area contributed by atoms with Crippen LogP contribution in [0, 0.1) is 18.8 Å². The van der Waals surface area contributed by atoms with Crippen molar-refractivity contribution in [3.8, 4) is 22.4 Å². The molecule has 238 valence electrons. The lowest BCUT2D eigenvalue weighted by Gasteiger charge is -2.34. The summed E-state index contributed by atoms with van der Waals surface area (Å²) in [5.74, 6) is -2.19. The van der Waals surface area contributed by atoms with Gasteiger partial charge < -0.3 is 19.4 Å². The third-order valence-corrected chi connectivity index (χ3v) is 8.59. The number of carboxylic acid groups (broad SMARTS) is 1. The van der Waals surface area contributed by atoms with Gasteiger partial charge in [0.2, 0.25) is 5.91 Å². The summed E-state index contributed by atoms with van der Waals surface area (Å²) in [5, 5.41) is 13.2. The Labute approximate surface area is 269 Å². The van der Waals surface area contributed by atoms with Crippen molar-refractivity contribution >= 4 is 51.4 Å². The number of aliphatic carboxylic acids is 1. The summed E-state index contributed by atoms with van der Waals surface area (Å²) in [6.45, 7) is 8.72. The van der Waals surface area contributed by atoms with Gasteiger partial charge in [-0.3, -0.25) is 22.7 Å². The summed E-state index contributed by atoms with van der Waals surface area (Å²) in [5.41, 5.74) is 5.04. The van der Waals surface area contributed by atoms with Crippen molar-refractivity contribution in [2.75, 3.05) is 9.62 Å². The Morgan fingerprint density at radius 2 is 1.50 bits per heavy atom. The molecule has 1 amide bonds. The van der Waals surface area contributed by atoms with Gasteiger partial charge in [0, 0.05) is 40.0 Å². The second kappa shape index (κ2) is 13.2. The Morgan fingerprint density at radius 3 is 2.07 bits per heavy atom. The van der Waals surface area contributed by atoms with E-state index in [2.05, 4.69) is 5.32 Å². The normalized spacial score (nSPS) is 12.8. The van der Waals surface area contributed by atoms with Gasteiger partial charge in [0.25, 0.3) is 5.91 Å². The van der Waals surface area contributed by atoms with Crippen molar-refractivity contribution in [1.29, 1.82) is 0 Å². The van der Waals surface area contributed by atoms with E-state index in [1.54, 1.807) is 75.5 Å². The van der Waals surface area contributed by atoms with Crippen molar-refractivity contribution in [1.82, 2.24) is 4.57 Å². The summed E-state index contributed by atoms with van der Waals surface area (Å²) in [7, 11) is 0. The standard InChI is InChI=1S/C35H35N3O7S/c1-20(2)31(35(41)42)38(46(43)44)26-17-15-24(16-18-26)23-11-13-25(14-12-23)28-9-7-19-37(28)34(40)32-22(5)30-27(36-33(39)21(3)4)8-6-10-29(30)45-32/h6-21,31H,1-5H3,(H,36,39)(H,41,42)(H,43,44)/p-1. The van der Waals surface area contributed by atoms with Crippen LogP contribution in [0.3, 0.4) is 0 Å². The van der Waals surface area contributed by atoms with E-state index in [4.69, 9.17) is 4.42 Å². The molecule has 3 aromatic carbocycles. The number of fused-ring (bicyclic) bond motifs is 1. The SMILES string of the molecule is Cc1c(C(=O)n2cccc2-c2ccc(-c3ccc(N(C(C(=O)O)C(C)C)S(=O)[O-])cc3)cc2)oc2cccc(NC(=O)C(C)C)c12. The fourth-order valence-corrected chi connectivity index (χ4v) is 6.23. The molecule has 0 fully saturated rings. The van der Waals surface area contributed by atoms with Crippen LogP contribution in [0.15, 0.2) is 89.5 Å². The molecule has 0 aliphatic carbocycles. The predicted octanol–water partition coefficient (Wildman–Crippen LogP) is 6.87. The molecule has 5 rings (SSSR count). The highest BCUT2D eigenvalue weighted by Crippen LogP contribution is 2.34. The van der Waals surface area contributed by atoms with Crippen LogP contribution in [-0.2, 0) is 20.9 Å². The van der Waals surface area contributed by atoms with Crippen LogP contribution >= 0.6 is 0 Å². The minimum atomic E-state index is -2.78. The minimum Gasteiger partial charge on any atom is -0.755 e. The highest BCUT2D eigenvalue weighted by Gasteiger charge is 2.30. The lowest BCUT2D eigenvalue weighted by Crippen LogP contribution is -2.45. The highest BCUT2D eigenvalue weighted by atomic mass is 32.2. The zero-order valence-electron chi connectivity index (χ0n) is 26.0. The molecule has 2 N–H and O–H groups in total. The number of hydrogen-bond donors (Lipinski definition) is 2. The van der Waals surface area contributed by atoms with Crippen LogP contribution < -0.4 is 9.62 Å². The number of rotatable bonds is 10. The first-order valence-corrected chi connectivity index (χ1v) is 15.8. The molecular weight excluding hydrogens is 606 g/mol. The van der Waals surface area contributed by atoms with E-state index in [-0.39, 0.29) is 29.2 Å². The Bertz CT molecular complexity index is 1940. The Balaban J connectivity index is 1.41. The predicted molar refractivity (Wildman–Crippen MR) is 177 cm³/mol. The van der Waals surface area contributed by atoms with Gasteiger partial charge in [-0.1, -0.05) is 70.2 Å². The molecule has 0 aliphatic heterocycles. The molecule has 0 bridgehead atoms. The molecular formula is C35H34N3O7S-. The largest absolute Gasteiger partial charge is 0.755 e. The summed E-state index contributed by atoms with van der Waals surface area (Å²) in [6.07, 6.45) is 1.67. The van der Waals surface area contributed by atoms with Gasteiger partial charge in [-0.05, 0) is 65.9 Å². The van der Waals surface area contributed by atoms with Crippen LogP contribution in [0.25, 0.3) is 33.4 Å². The molecule has 0 saturated heterocycles.